The smallest absolute Gasteiger partial charge is 0.343 e. The lowest BCUT2D eigenvalue weighted by atomic mass is 9.89. The molecule has 3 heterocycles. The van der Waals surface area contributed by atoms with Crippen molar-refractivity contribution >= 4 is 62.9 Å². The second-order valence-electron chi connectivity index (χ2n) is 8.65. The van der Waals surface area contributed by atoms with Gasteiger partial charge in [0.15, 0.2) is 0 Å². The summed E-state index contributed by atoms with van der Waals surface area (Å²) in [5.41, 5.74) is 2.97. The molecule has 3 aliphatic heterocycles. The third kappa shape index (κ3) is 3.43. The fraction of sp³-hybridized carbons (Fsp3) is 0.200. The molecule has 1 fully saturated rings. The van der Waals surface area contributed by atoms with E-state index < -0.39 is 17.4 Å². The van der Waals surface area contributed by atoms with Crippen molar-refractivity contribution in [2.75, 3.05) is 12.0 Å². The van der Waals surface area contributed by atoms with Gasteiger partial charge < -0.3 is 14.8 Å². The zero-order valence-electron chi connectivity index (χ0n) is 18.8. The SMILES string of the molecule is COc1ccc(C(=O)Oc2cc3c4c(c2)/C(=C2/SC(=S)NC2=O)C(=O)N4C(C)(C)C=C3C)cc1. The highest BCUT2D eigenvalue weighted by atomic mass is 32.2. The molecule has 9 heteroatoms. The molecule has 34 heavy (non-hydrogen) atoms. The average molecular weight is 493 g/mol. The second-order valence-corrected chi connectivity index (χ2v) is 10.3. The third-order valence-corrected chi connectivity index (χ3v) is 7.18. The van der Waals surface area contributed by atoms with E-state index in [-0.39, 0.29) is 22.1 Å². The van der Waals surface area contributed by atoms with Gasteiger partial charge in [0.25, 0.3) is 11.8 Å². The Kier molecular flexibility index (Phi) is 5.14. The molecule has 0 bridgehead atoms. The van der Waals surface area contributed by atoms with Crippen molar-refractivity contribution in [3.63, 3.8) is 0 Å². The molecule has 3 aliphatic rings. The van der Waals surface area contributed by atoms with Gasteiger partial charge in [0.05, 0.1) is 34.4 Å². The monoisotopic (exact) mass is 492 g/mol. The van der Waals surface area contributed by atoms with E-state index in [1.54, 1.807) is 48.4 Å². The Morgan fingerprint density at radius 2 is 1.76 bits per heavy atom. The van der Waals surface area contributed by atoms with E-state index in [4.69, 9.17) is 21.7 Å². The molecule has 0 spiro atoms. The van der Waals surface area contributed by atoms with E-state index in [9.17, 15) is 14.4 Å². The first-order valence-corrected chi connectivity index (χ1v) is 11.7. The first-order valence-electron chi connectivity index (χ1n) is 10.5. The molecule has 2 aromatic carbocycles. The van der Waals surface area contributed by atoms with Crippen molar-refractivity contribution in [1.82, 2.24) is 5.32 Å². The van der Waals surface area contributed by atoms with E-state index in [0.29, 0.717) is 26.9 Å². The molecule has 0 radical (unpaired) electrons. The molecular formula is C25H20N2O5S2. The predicted molar refractivity (Wildman–Crippen MR) is 135 cm³/mol. The number of anilines is 1. The molecule has 0 saturated carbocycles. The molecule has 2 amide bonds. The molecule has 0 aromatic heterocycles. The second kappa shape index (κ2) is 7.82. The van der Waals surface area contributed by atoms with Gasteiger partial charge in [-0.15, -0.1) is 0 Å². The average Bonchev–Trinajstić information content (AvgIpc) is 3.26. The van der Waals surface area contributed by atoms with Gasteiger partial charge in [0.1, 0.15) is 15.8 Å². The van der Waals surface area contributed by atoms with Crippen LogP contribution >= 0.6 is 24.0 Å². The molecule has 7 nitrogen and oxygen atoms in total. The highest BCUT2D eigenvalue weighted by Crippen LogP contribution is 2.52. The third-order valence-electron chi connectivity index (χ3n) is 5.94. The van der Waals surface area contributed by atoms with Crippen LogP contribution in [0.3, 0.4) is 0 Å². The minimum absolute atomic E-state index is 0.249. The van der Waals surface area contributed by atoms with Gasteiger partial charge in [0, 0.05) is 11.1 Å². The van der Waals surface area contributed by atoms with Crippen LogP contribution in [0.4, 0.5) is 5.69 Å². The van der Waals surface area contributed by atoms with Crippen LogP contribution < -0.4 is 19.7 Å². The van der Waals surface area contributed by atoms with Gasteiger partial charge in [-0.2, -0.15) is 0 Å². The number of benzene rings is 2. The van der Waals surface area contributed by atoms with Crippen molar-refractivity contribution in [3.05, 3.63) is 64.1 Å². The highest BCUT2D eigenvalue weighted by molar-refractivity contribution is 8.27. The van der Waals surface area contributed by atoms with Gasteiger partial charge in [-0.25, -0.2) is 4.79 Å². The van der Waals surface area contributed by atoms with Crippen LogP contribution in [0.25, 0.3) is 11.1 Å². The van der Waals surface area contributed by atoms with Crippen LogP contribution in [0.2, 0.25) is 0 Å². The minimum atomic E-state index is -0.604. The number of hydrogen-bond acceptors (Lipinski definition) is 7. The Morgan fingerprint density at radius 1 is 1.09 bits per heavy atom. The van der Waals surface area contributed by atoms with Crippen LogP contribution in [0, 0.1) is 0 Å². The number of thiocarbonyl (C=S) groups is 1. The summed E-state index contributed by atoms with van der Waals surface area (Å²) in [5, 5.41) is 2.58. The summed E-state index contributed by atoms with van der Waals surface area (Å²) in [7, 11) is 1.55. The molecule has 1 saturated heterocycles. The van der Waals surface area contributed by atoms with Gasteiger partial charge in [-0.05, 0) is 62.7 Å². The Morgan fingerprint density at radius 3 is 2.38 bits per heavy atom. The number of rotatable bonds is 3. The van der Waals surface area contributed by atoms with Crippen molar-refractivity contribution < 1.29 is 23.9 Å². The number of hydrogen-bond donors (Lipinski definition) is 1. The van der Waals surface area contributed by atoms with Crippen molar-refractivity contribution in [3.8, 4) is 11.5 Å². The molecule has 2 aromatic rings. The van der Waals surface area contributed by atoms with E-state index in [1.807, 2.05) is 26.8 Å². The Balaban J connectivity index is 1.65. The van der Waals surface area contributed by atoms with Gasteiger partial charge in [-0.1, -0.05) is 30.1 Å². The largest absolute Gasteiger partial charge is 0.497 e. The van der Waals surface area contributed by atoms with Crippen molar-refractivity contribution in [2.45, 2.75) is 26.3 Å². The topological polar surface area (TPSA) is 84.9 Å². The Labute approximate surface area is 205 Å². The van der Waals surface area contributed by atoms with E-state index >= 15 is 0 Å². The van der Waals surface area contributed by atoms with Crippen molar-refractivity contribution in [2.24, 2.45) is 0 Å². The van der Waals surface area contributed by atoms with E-state index in [2.05, 4.69) is 5.32 Å². The lowest BCUT2D eigenvalue weighted by Crippen LogP contribution is -2.46. The van der Waals surface area contributed by atoms with E-state index in [1.165, 1.54) is 0 Å². The van der Waals surface area contributed by atoms with Gasteiger partial charge in [-0.3, -0.25) is 14.5 Å². The van der Waals surface area contributed by atoms with E-state index in [0.717, 1.165) is 22.9 Å². The molecule has 0 atom stereocenters. The summed E-state index contributed by atoms with van der Waals surface area (Å²) < 4.78 is 11.1. The molecule has 0 aliphatic carbocycles. The molecular weight excluding hydrogens is 472 g/mol. The highest BCUT2D eigenvalue weighted by Gasteiger charge is 2.47. The first-order chi connectivity index (χ1) is 16.1. The standard InChI is InChI=1S/C25H20N2O5S2/c1-12-11-25(2,3)27-19-16(12)9-15(32-23(30)13-5-7-14(31-4)8-6-13)10-17(19)18(22(27)29)20-21(28)26-24(33)34-20/h5-11H,1-4H3,(H,26,28,33)/b20-18-. The summed E-state index contributed by atoms with van der Waals surface area (Å²) >= 11 is 6.21. The maximum atomic E-state index is 13.6. The maximum Gasteiger partial charge on any atom is 0.343 e. The number of nitrogens with zero attached hydrogens (tertiary/aromatic N) is 1. The van der Waals surface area contributed by atoms with Crippen LogP contribution in [-0.4, -0.2) is 34.8 Å². The number of methoxy groups -OCH3 is 1. The lowest BCUT2D eigenvalue weighted by molar-refractivity contribution is -0.116. The van der Waals surface area contributed by atoms with Crippen LogP contribution in [0.5, 0.6) is 11.5 Å². The molecule has 172 valence electrons. The summed E-state index contributed by atoms with van der Waals surface area (Å²) in [4.78, 5) is 41.0. The quantitative estimate of drug-likeness (QED) is 0.296. The number of allylic oxidation sites excluding steroid dienone is 1. The Hall–Kier alpha value is -3.43. The number of ether oxygens (including phenoxy) is 2. The molecule has 0 unspecified atom stereocenters. The first kappa shape index (κ1) is 22.4. The summed E-state index contributed by atoms with van der Waals surface area (Å²) in [6, 6.07) is 9.98. The summed E-state index contributed by atoms with van der Waals surface area (Å²) in [6.45, 7) is 5.84. The number of carbonyl (C=O) groups excluding carboxylic acids is 3. The maximum absolute atomic E-state index is 13.6. The van der Waals surface area contributed by atoms with Gasteiger partial charge >= 0.3 is 5.97 Å². The van der Waals surface area contributed by atoms with Gasteiger partial charge in [0.2, 0.25) is 0 Å². The van der Waals surface area contributed by atoms with Crippen LogP contribution in [0.15, 0.2) is 47.4 Å². The molecule has 5 rings (SSSR count). The summed E-state index contributed by atoms with van der Waals surface area (Å²) in [6.07, 6.45) is 1.99. The number of carbonyl (C=O) groups is 3. The summed E-state index contributed by atoms with van der Waals surface area (Å²) in [5.74, 6) is -0.332. The van der Waals surface area contributed by atoms with Crippen molar-refractivity contribution in [1.29, 1.82) is 0 Å². The number of amides is 2. The minimum Gasteiger partial charge on any atom is -0.497 e. The lowest BCUT2D eigenvalue weighted by Gasteiger charge is -2.38. The normalized spacial score (nSPS) is 20.2. The predicted octanol–water partition coefficient (Wildman–Crippen LogP) is 4.32. The molecule has 1 N–H and O–H groups in total. The zero-order valence-corrected chi connectivity index (χ0v) is 20.5. The number of nitrogens with one attached hydrogen (secondary N) is 1. The number of thioether (sulfide) groups is 1. The fourth-order valence-electron chi connectivity index (χ4n) is 4.54. The van der Waals surface area contributed by atoms with Crippen LogP contribution in [0.1, 0.15) is 42.3 Å². The Bertz CT molecular complexity index is 1370. The number of esters is 1. The fourth-order valence-corrected chi connectivity index (χ4v) is 5.66. The van der Waals surface area contributed by atoms with Crippen LogP contribution in [-0.2, 0) is 9.59 Å². The zero-order chi connectivity index (χ0) is 24.4.